The Morgan fingerprint density at radius 3 is 2.57 bits per heavy atom. The van der Waals surface area contributed by atoms with Crippen molar-refractivity contribution < 1.29 is 9.00 Å². The molecule has 0 fully saturated rings. The first-order valence-electron chi connectivity index (χ1n) is 7.41. The van der Waals surface area contributed by atoms with Gasteiger partial charge in [-0.25, -0.2) is 0 Å². The molecule has 1 N–H and O–H groups in total. The number of rotatable bonds is 5. The van der Waals surface area contributed by atoms with Gasteiger partial charge in [-0.2, -0.15) is 0 Å². The van der Waals surface area contributed by atoms with Crippen molar-refractivity contribution in [3.05, 3.63) is 60.8 Å². The summed E-state index contributed by atoms with van der Waals surface area (Å²) in [4.78, 5) is 12.8. The molecule has 1 heterocycles. The van der Waals surface area contributed by atoms with Crippen molar-refractivity contribution in [2.75, 3.05) is 11.6 Å². The van der Waals surface area contributed by atoms with E-state index in [4.69, 9.17) is 0 Å². The van der Waals surface area contributed by atoms with E-state index in [0.717, 1.165) is 16.1 Å². The average molecular weight is 326 g/mol. The molecule has 4 nitrogen and oxygen atoms in total. The van der Waals surface area contributed by atoms with E-state index >= 15 is 0 Å². The maximum Gasteiger partial charge on any atom is 0.226 e. The van der Waals surface area contributed by atoms with Gasteiger partial charge in [-0.05, 0) is 41.8 Å². The normalized spacial score (nSPS) is 12.2. The molecule has 5 heteroatoms. The van der Waals surface area contributed by atoms with Crippen molar-refractivity contribution in [2.45, 2.75) is 17.9 Å². The van der Waals surface area contributed by atoms with E-state index in [1.807, 2.05) is 18.3 Å². The number of carbonyl (C=O) groups is 1. The summed E-state index contributed by atoms with van der Waals surface area (Å²) in [6.07, 6.45) is 4.04. The molecular formula is C18H18N2O2S. The Kier molecular flexibility index (Phi) is 4.57. The van der Waals surface area contributed by atoms with Crippen LogP contribution in [0.2, 0.25) is 0 Å². The van der Waals surface area contributed by atoms with Crippen molar-refractivity contribution in [3.8, 4) is 0 Å². The third-order valence-corrected chi connectivity index (χ3v) is 4.67. The first-order valence-corrected chi connectivity index (χ1v) is 8.96. The van der Waals surface area contributed by atoms with Gasteiger partial charge in [0, 0.05) is 52.3 Å². The molecule has 23 heavy (non-hydrogen) atoms. The molecule has 1 aromatic heterocycles. The fourth-order valence-electron chi connectivity index (χ4n) is 2.51. The summed E-state index contributed by atoms with van der Waals surface area (Å²) in [5.74, 6) is -0.0341. The SMILES string of the molecule is CS(=O)c1ccc(NC(=O)CCn2ccc3ccccc32)cc1. The number of fused-ring (bicyclic) bond motifs is 1. The van der Waals surface area contributed by atoms with Crippen LogP contribution in [-0.2, 0) is 22.1 Å². The average Bonchev–Trinajstić information content (AvgIpc) is 2.97. The number of hydrogen-bond donors (Lipinski definition) is 1. The lowest BCUT2D eigenvalue weighted by molar-refractivity contribution is -0.116. The number of carbonyl (C=O) groups excluding carboxylic acids is 1. The standard InChI is InChI=1S/C18H18N2O2S/c1-23(22)16-8-6-15(7-9-16)19-18(21)11-13-20-12-10-14-4-2-3-5-17(14)20/h2-10,12H,11,13H2,1H3,(H,19,21). The van der Waals surface area contributed by atoms with Gasteiger partial charge < -0.3 is 9.88 Å². The fourth-order valence-corrected chi connectivity index (χ4v) is 3.03. The maximum absolute atomic E-state index is 12.1. The minimum Gasteiger partial charge on any atom is -0.347 e. The van der Waals surface area contributed by atoms with E-state index in [1.165, 1.54) is 5.39 Å². The Balaban J connectivity index is 1.60. The van der Waals surface area contributed by atoms with Crippen molar-refractivity contribution >= 4 is 33.3 Å². The lowest BCUT2D eigenvalue weighted by Gasteiger charge is -2.07. The van der Waals surface area contributed by atoms with Gasteiger partial charge in [0.15, 0.2) is 0 Å². The summed E-state index contributed by atoms with van der Waals surface area (Å²) in [5.41, 5.74) is 1.86. The molecule has 0 radical (unpaired) electrons. The zero-order chi connectivity index (χ0) is 16.2. The van der Waals surface area contributed by atoms with Gasteiger partial charge in [-0.15, -0.1) is 0 Å². The second kappa shape index (κ2) is 6.79. The van der Waals surface area contributed by atoms with Crippen LogP contribution in [0.1, 0.15) is 6.42 Å². The Hall–Kier alpha value is -2.40. The molecule has 1 atom stereocenters. The monoisotopic (exact) mass is 326 g/mol. The predicted octanol–water partition coefficient (Wildman–Crippen LogP) is 3.41. The van der Waals surface area contributed by atoms with Crippen LogP contribution in [0.3, 0.4) is 0 Å². The third kappa shape index (κ3) is 3.68. The summed E-state index contributed by atoms with van der Waals surface area (Å²) in [6, 6.07) is 17.3. The van der Waals surface area contributed by atoms with Crippen LogP contribution in [0, 0.1) is 0 Å². The first-order chi connectivity index (χ1) is 11.1. The van der Waals surface area contributed by atoms with E-state index < -0.39 is 10.8 Å². The Morgan fingerprint density at radius 1 is 1.09 bits per heavy atom. The highest BCUT2D eigenvalue weighted by atomic mass is 32.2. The van der Waals surface area contributed by atoms with Crippen LogP contribution in [0.5, 0.6) is 0 Å². The molecular weight excluding hydrogens is 308 g/mol. The van der Waals surface area contributed by atoms with E-state index in [0.29, 0.717) is 13.0 Å². The van der Waals surface area contributed by atoms with E-state index in [9.17, 15) is 9.00 Å². The molecule has 0 spiro atoms. The quantitative estimate of drug-likeness (QED) is 0.781. The second-order valence-electron chi connectivity index (χ2n) is 5.34. The van der Waals surface area contributed by atoms with Gasteiger partial charge >= 0.3 is 0 Å². The molecule has 2 aromatic carbocycles. The van der Waals surface area contributed by atoms with Gasteiger partial charge in [0.1, 0.15) is 0 Å². The summed E-state index contributed by atoms with van der Waals surface area (Å²) in [5, 5.41) is 4.04. The zero-order valence-corrected chi connectivity index (χ0v) is 13.7. The van der Waals surface area contributed by atoms with Gasteiger partial charge in [-0.1, -0.05) is 18.2 Å². The lowest BCUT2D eigenvalue weighted by atomic mass is 10.2. The molecule has 0 saturated carbocycles. The number of para-hydroxylation sites is 1. The summed E-state index contributed by atoms with van der Waals surface area (Å²) >= 11 is 0. The van der Waals surface area contributed by atoms with Gasteiger partial charge in [0.25, 0.3) is 0 Å². The van der Waals surface area contributed by atoms with Crippen LogP contribution < -0.4 is 5.32 Å². The highest BCUT2D eigenvalue weighted by Crippen LogP contribution is 2.16. The Labute approximate surface area is 137 Å². The second-order valence-corrected chi connectivity index (χ2v) is 6.72. The maximum atomic E-state index is 12.1. The zero-order valence-electron chi connectivity index (χ0n) is 12.9. The van der Waals surface area contributed by atoms with Crippen LogP contribution in [-0.4, -0.2) is 20.9 Å². The first kappa shape index (κ1) is 15.5. The summed E-state index contributed by atoms with van der Waals surface area (Å²) in [7, 11) is -1.00. The molecule has 3 rings (SSSR count). The highest BCUT2D eigenvalue weighted by Gasteiger charge is 2.05. The number of aryl methyl sites for hydroxylation is 1. The smallest absolute Gasteiger partial charge is 0.226 e. The summed E-state index contributed by atoms with van der Waals surface area (Å²) < 4.78 is 13.4. The topological polar surface area (TPSA) is 51.1 Å². The molecule has 1 unspecified atom stereocenters. The number of hydrogen-bond acceptors (Lipinski definition) is 2. The third-order valence-electron chi connectivity index (χ3n) is 3.73. The molecule has 0 bridgehead atoms. The minimum atomic E-state index is -1.00. The summed E-state index contributed by atoms with van der Waals surface area (Å²) in [6.45, 7) is 0.635. The van der Waals surface area contributed by atoms with Crippen LogP contribution in [0.4, 0.5) is 5.69 Å². The molecule has 0 aliphatic carbocycles. The molecule has 118 valence electrons. The van der Waals surface area contributed by atoms with E-state index in [1.54, 1.807) is 30.5 Å². The lowest BCUT2D eigenvalue weighted by Crippen LogP contribution is -2.14. The number of aromatic nitrogens is 1. The van der Waals surface area contributed by atoms with Crippen molar-refractivity contribution in [2.24, 2.45) is 0 Å². The van der Waals surface area contributed by atoms with Crippen molar-refractivity contribution in [1.82, 2.24) is 4.57 Å². The van der Waals surface area contributed by atoms with Gasteiger partial charge in [0.2, 0.25) is 5.91 Å². The number of nitrogens with zero attached hydrogens (tertiary/aromatic N) is 1. The van der Waals surface area contributed by atoms with Gasteiger partial charge in [-0.3, -0.25) is 9.00 Å². The van der Waals surface area contributed by atoms with Crippen LogP contribution in [0.25, 0.3) is 10.9 Å². The minimum absolute atomic E-state index is 0.0341. The highest BCUT2D eigenvalue weighted by molar-refractivity contribution is 7.84. The number of benzene rings is 2. The number of nitrogens with one attached hydrogen (secondary N) is 1. The van der Waals surface area contributed by atoms with Crippen molar-refractivity contribution in [1.29, 1.82) is 0 Å². The number of amides is 1. The van der Waals surface area contributed by atoms with Gasteiger partial charge in [0.05, 0.1) is 0 Å². The molecule has 3 aromatic rings. The van der Waals surface area contributed by atoms with Crippen molar-refractivity contribution in [3.63, 3.8) is 0 Å². The molecule has 0 aliphatic heterocycles. The Morgan fingerprint density at radius 2 is 1.83 bits per heavy atom. The molecule has 1 amide bonds. The molecule has 0 saturated heterocycles. The number of anilines is 1. The predicted molar refractivity (Wildman–Crippen MR) is 94.0 cm³/mol. The van der Waals surface area contributed by atoms with E-state index in [-0.39, 0.29) is 5.91 Å². The van der Waals surface area contributed by atoms with Crippen LogP contribution >= 0.6 is 0 Å². The van der Waals surface area contributed by atoms with E-state index in [2.05, 4.69) is 28.1 Å². The Bertz CT molecular complexity index is 853. The molecule has 0 aliphatic rings. The fraction of sp³-hybridized carbons (Fsp3) is 0.167. The largest absolute Gasteiger partial charge is 0.347 e. The van der Waals surface area contributed by atoms with Crippen LogP contribution in [0.15, 0.2) is 65.7 Å².